The Kier molecular flexibility index (Phi) is 5.02. The molecule has 1 aliphatic heterocycles. The summed E-state index contributed by atoms with van der Waals surface area (Å²) in [6, 6.07) is 9.94. The highest BCUT2D eigenvalue weighted by atomic mass is 32.1. The van der Waals surface area contributed by atoms with Gasteiger partial charge in [-0.3, -0.25) is 14.5 Å². The zero-order valence-corrected chi connectivity index (χ0v) is 11.8. The SMILES string of the molecule is O=C1CCCCC(=O)N1CC(CS)c1ccccc1. The lowest BCUT2D eigenvalue weighted by Crippen LogP contribution is -2.38. The highest BCUT2D eigenvalue weighted by Gasteiger charge is 2.26. The van der Waals surface area contributed by atoms with Crippen LogP contribution in [0.25, 0.3) is 0 Å². The molecule has 0 radical (unpaired) electrons. The van der Waals surface area contributed by atoms with E-state index in [9.17, 15) is 9.59 Å². The minimum atomic E-state index is -0.0368. The first-order chi connectivity index (χ1) is 9.22. The summed E-state index contributed by atoms with van der Waals surface area (Å²) in [5.74, 6) is 0.659. The van der Waals surface area contributed by atoms with Gasteiger partial charge < -0.3 is 0 Å². The molecule has 0 aromatic heterocycles. The predicted octanol–water partition coefficient (Wildman–Crippen LogP) is 2.63. The molecule has 1 saturated heterocycles. The van der Waals surface area contributed by atoms with Crippen LogP contribution < -0.4 is 0 Å². The fraction of sp³-hybridized carbons (Fsp3) is 0.467. The quantitative estimate of drug-likeness (QED) is 0.678. The van der Waals surface area contributed by atoms with Gasteiger partial charge in [-0.1, -0.05) is 30.3 Å². The first-order valence-corrected chi connectivity index (χ1v) is 7.34. The van der Waals surface area contributed by atoms with Gasteiger partial charge in [0, 0.05) is 25.3 Å². The molecule has 4 heteroatoms. The minimum absolute atomic E-state index is 0.0368. The van der Waals surface area contributed by atoms with Gasteiger partial charge in [-0.05, 0) is 24.2 Å². The first-order valence-electron chi connectivity index (χ1n) is 6.71. The van der Waals surface area contributed by atoms with Gasteiger partial charge in [0.15, 0.2) is 0 Å². The highest BCUT2D eigenvalue weighted by Crippen LogP contribution is 2.21. The molecule has 0 spiro atoms. The summed E-state index contributed by atoms with van der Waals surface area (Å²) in [5, 5.41) is 0. The van der Waals surface area contributed by atoms with Crippen molar-refractivity contribution in [1.82, 2.24) is 4.90 Å². The van der Waals surface area contributed by atoms with Crippen molar-refractivity contribution in [3.63, 3.8) is 0 Å². The van der Waals surface area contributed by atoms with E-state index in [1.807, 2.05) is 30.3 Å². The van der Waals surface area contributed by atoms with Crippen LogP contribution in [0.2, 0.25) is 0 Å². The Hall–Kier alpha value is -1.29. The molecule has 1 aromatic carbocycles. The molecule has 1 unspecified atom stereocenters. The molecule has 1 aromatic rings. The molecule has 0 N–H and O–H groups in total. The lowest BCUT2D eigenvalue weighted by atomic mass is 10.0. The standard InChI is InChI=1S/C15H19NO2S/c17-14-8-4-5-9-15(18)16(14)10-13(11-19)12-6-2-1-3-7-12/h1-3,6-7,13,19H,4-5,8-11H2. The summed E-state index contributed by atoms with van der Waals surface area (Å²) in [7, 11) is 0. The van der Waals surface area contributed by atoms with E-state index in [0.29, 0.717) is 25.1 Å². The molecule has 0 aliphatic carbocycles. The van der Waals surface area contributed by atoms with E-state index < -0.39 is 0 Å². The molecule has 3 nitrogen and oxygen atoms in total. The fourth-order valence-electron chi connectivity index (χ4n) is 2.38. The van der Waals surface area contributed by atoms with Crippen LogP contribution in [0.15, 0.2) is 30.3 Å². The summed E-state index contributed by atoms with van der Waals surface area (Å²) >= 11 is 4.36. The zero-order valence-electron chi connectivity index (χ0n) is 10.9. The van der Waals surface area contributed by atoms with Gasteiger partial charge >= 0.3 is 0 Å². The number of benzene rings is 1. The van der Waals surface area contributed by atoms with Gasteiger partial charge in [0.2, 0.25) is 11.8 Å². The van der Waals surface area contributed by atoms with Gasteiger partial charge in [-0.25, -0.2) is 0 Å². The van der Waals surface area contributed by atoms with Crippen molar-refractivity contribution in [1.29, 1.82) is 0 Å². The van der Waals surface area contributed by atoms with E-state index in [1.54, 1.807) is 0 Å². The van der Waals surface area contributed by atoms with Gasteiger partial charge in [0.05, 0.1) is 0 Å². The van der Waals surface area contributed by atoms with Crippen molar-refractivity contribution in [2.75, 3.05) is 12.3 Å². The number of hydrogen-bond acceptors (Lipinski definition) is 3. The third-order valence-corrected chi connectivity index (χ3v) is 3.97. The number of imide groups is 1. The van der Waals surface area contributed by atoms with E-state index in [2.05, 4.69) is 12.6 Å². The van der Waals surface area contributed by atoms with Crippen LogP contribution in [-0.4, -0.2) is 29.0 Å². The average molecular weight is 277 g/mol. The number of hydrogen-bond donors (Lipinski definition) is 1. The van der Waals surface area contributed by atoms with Gasteiger partial charge in [-0.2, -0.15) is 12.6 Å². The van der Waals surface area contributed by atoms with Gasteiger partial charge in [0.1, 0.15) is 0 Å². The lowest BCUT2D eigenvalue weighted by Gasteiger charge is -2.24. The number of carbonyl (C=O) groups excluding carboxylic acids is 2. The number of likely N-dealkylation sites (tertiary alicyclic amines) is 1. The van der Waals surface area contributed by atoms with Crippen LogP contribution >= 0.6 is 12.6 Å². The second-order valence-electron chi connectivity index (χ2n) is 4.90. The molecule has 1 aliphatic rings. The third-order valence-electron chi connectivity index (χ3n) is 3.53. The Morgan fingerprint density at radius 2 is 1.63 bits per heavy atom. The molecular weight excluding hydrogens is 258 g/mol. The van der Waals surface area contributed by atoms with Crippen molar-refractivity contribution in [3.8, 4) is 0 Å². The number of amides is 2. The molecular formula is C15H19NO2S. The maximum atomic E-state index is 12.0. The van der Waals surface area contributed by atoms with Crippen LogP contribution in [-0.2, 0) is 9.59 Å². The molecule has 102 valence electrons. The lowest BCUT2D eigenvalue weighted by molar-refractivity contribution is -0.144. The second-order valence-corrected chi connectivity index (χ2v) is 5.26. The maximum Gasteiger partial charge on any atom is 0.229 e. The summed E-state index contributed by atoms with van der Waals surface area (Å²) in [6.45, 7) is 0.450. The average Bonchev–Trinajstić information content (AvgIpc) is 2.59. The molecule has 19 heavy (non-hydrogen) atoms. The minimum Gasteiger partial charge on any atom is -0.282 e. The number of thiol groups is 1. The largest absolute Gasteiger partial charge is 0.282 e. The zero-order chi connectivity index (χ0) is 13.7. The van der Waals surface area contributed by atoms with E-state index in [4.69, 9.17) is 0 Å². The summed E-state index contributed by atoms with van der Waals surface area (Å²) in [4.78, 5) is 25.4. The van der Waals surface area contributed by atoms with Crippen molar-refractivity contribution in [2.24, 2.45) is 0 Å². The normalized spacial score (nSPS) is 18.3. The second kappa shape index (κ2) is 6.75. The summed E-state index contributed by atoms with van der Waals surface area (Å²) < 4.78 is 0. The fourth-order valence-corrected chi connectivity index (χ4v) is 2.71. The Bertz CT molecular complexity index is 429. The number of nitrogens with zero attached hydrogens (tertiary/aromatic N) is 1. The Morgan fingerprint density at radius 3 is 2.16 bits per heavy atom. The summed E-state index contributed by atoms with van der Waals surface area (Å²) in [6.07, 6.45) is 2.61. The monoisotopic (exact) mass is 277 g/mol. The van der Waals surface area contributed by atoms with Crippen molar-refractivity contribution in [3.05, 3.63) is 35.9 Å². The third kappa shape index (κ3) is 3.60. The highest BCUT2D eigenvalue weighted by molar-refractivity contribution is 7.80. The molecule has 0 bridgehead atoms. The molecule has 2 rings (SSSR count). The van der Waals surface area contributed by atoms with Crippen LogP contribution in [0.4, 0.5) is 0 Å². The number of rotatable bonds is 4. The van der Waals surface area contributed by atoms with Crippen LogP contribution in [0.1, 0.15) is 37.2 Å². The van der Waals surface area contributed by atoms with Crippen LogP contribution in [0.5, 0.6) is 0 Å². The molecule has 0 saturated carbocycles. The number of carbonyl (C=O) groups is 2. The van der Waals surface area contributed by atoms with Gasteiger partial charge in [-0.15, -0.1) is 0 Å². The topological polar surface area (TPSA) is 37.4 Å². The Labute approximate surface area is 119 Å². The molecule has 1 atom stereocenters. The Balaban J connectivity index is 2.12. The summed E-state index contributed by atoms with van der Waals surface area (Å²) in [5.41, 5.74) is 1.13. The predicted molar refractivity (Wildman–Crippen MR) is 78.2 cm³/mol. The van der Waals surface area contributed by atoms with E-state index in [0.717, 1.165) is 18.4 Å². The van der Waals surface area contributed by atoms with Crippen LogP contribution in [0.3, 0.4) is 0 Å². The molecule has 2 amide bonds. The molecule has 1 heterocycles. The molecule has 1 fully saturated rings. The smallest absolute Gasteiger partial charge is 0.229 e. The van der Waals surface area contributed by atoms with Crippen molar-refractivity contribution >= 4 is 24.4 Å². The van der Waals surface area contributed by atoms with Crippen molar-refractivity contribution < 1.29 is 9.59 Å². The van der Waals surface area contributed by atoms with Crippen LogP contribution in [0, 0.1) is 0 Å². The first kappa shape index (κ1) is 14.1. The Morgan fingerprint density at radius 1 is 1.05 bits per heavy atom. The van der Waals surface area contributed by atoms with Crippen molar-refractivity contribution in [2.45, 2.75) is 31.6 Å². The van der Waals surface area contributed by atoms with E-state index in [1.165, 1.54) is 4.90 Å². The van der Waals surface area contributed by atoms with Gasteiger partial charge in [0.25, 0.3) is 0 Å². The van der Waals surface area contributed by atoms with E-state index in [-0.39, 0.29) is 17.7 Å². The maximum absolute atomic E-state index is 12.0. The van der Waals surface area contributed by atoms with E-state index >= 15 is 0 Å².